The Morgan fingerprint density at radius 3 is 1.67 bits per heavy atom. The maximum absolute atomic E-state index is 12.4. The van der Waals surface area contributed by atoms with Crippen LogP contribution in [0.4, 0.5) is 40.3 Å². The summed E-state index contributed by atoms with van der Waals surface area (Å²) >= 11 is 5.96. The molecule has 24 nitrogen and oxygen atoms in total. The molecular weight excluding hydrogens is 864 g/mol. The summed E-state index contributed by atoms with van der Waals surface area (Å²) in [5, 5.41) is 14.2. The number of aromatic nitrogens is 3. The van der Waals surface area contributed by atoms with E-state index in [4.69, 9.17) is 17.3 Å². The summed E-state index contributed by atoms with van der Waals surface area (Å²) in [6.45, 7) is 0. The normalized spacial score (nSPS) is 12.7. The Labute approximate surface area is 314 Å². The molecule has 0 unspecified atom stereocenters. The number of nitrogens with two attached hydrogens (primary N) is 1. The van der Waals surface area contributed by atoms with Crippen LogP contribution in [0.1, 0.15) is 0 Å². The maximum Gasteiger partial charge on any atom is 0.296 e. The maximum atomic E-state index is 12.4. The van der Waals surface area contributed by atoms with Crippen LogP contribution >= 0.6 is 11.6 Å². The molecule has 0 aliphatic rings. The van der Waals surface area contributed by atoms with Crippen molar-refractivity contribution in [3.63, 3.8) is 0 Å². The predicted octanol–water partition coefficient (Wildman–Crippen LogP) is 2.13. The molecule has 0 radical (unpaired) electrons. The van der Waals surface area contributed by atoms with Gasteiger partial charge in [0.2, 0.25) is 17.2 Å². The largest absolute Gasteiger partial charge is 0.507 e. The number of phenolic OH excluding ortho intramolecular Hbond substituents is 1. The number of hydrogen-bond donors (Lipinski definition) is 11. The van der Waals surface area contributed by atoms with Gasteiger partial charge in [-0.25, -0.2) is 0 Å². The van der Waals surface area contributed by atoms with E-state index in [0.29, 0.717) is 18.2 Å². The molecule has 1 heterocycles. The molecule has 0 fully saturated rings. The number of rotatable bonds is 12. The van der Waals surface area contributed by atoms with E-state index in [1.807, 2.05) is 0 Å². The molecule has 0 aliphatic carbocycles. The van der Waals surface area contributed by atoms with Crippen LogP contribution in [0.2, 0.25) is 5.28 Å². The lowest BCUT2D eigenvalue weighted by atomic mass is 10.1. The first kappa shape index (κ1) is 41.0. The van der Waals surface area contributed by atoms with Crippen LogP contribution in [-0.4, -0.2) is 84.9 Å². The van der Waals surface area contributed by atoms with Gasteiger partial charge >= 0.3 is 0 Å². The first-order valence-corrected chi connectivity index (χ1v) is 21.4. The molecule has 30 heteroatoms. The Bertz CT molecular complexity index is 3010. The first-order chi connectivity index (χ1) is 25.1. The minimum Gasteiger partial charge on any atom is -0.507 e. The highest BCUT2D eigenvalue weighted by molar-refractivity contribution is 7.87. The fourth-order valence-corrected chi connectivity index (χ4v) is 7.99. The Morgan fingerprint density at radius 2 is 1.11 bits per heavy atom. The zero-order valence-electron chi connectivity index (χ0n) is 26.3. The van der Waals surface area contributed by atoms with Crippen molar-refractivity contribution in [1.82, 2.24) is 15.0 Å². The van der Waals surface area contributed by atoms with Crippen LogP contribution in [0.5, 0.6) is 5.75 Å². The van der Waals surface area contributed by atoms with Crippen LogP contribution in [0.3, 0.4) is 0 Å². The number of nitrogens with zero attached hydrogens (tertiary/aromatic N) is 3. The lowest BCUT2D eigenvalue weighted by molar-refractivity contribution is 0.471. The van der Waals surface area contributed by atoms with Crippen LogP contribution in [0, 0.1) is 0 Å². The minimum absolute atomic E-state index is 0.184. The molecule has 0 saturated carbocycles. The number of nitrogens with one attached hydrogen (secondary N) is 4. The Kier molecular flexibility index (Phi) is 10.5. The molecule has 12 N–H and O–H groups in total. The van der Waals surface area contributed by atoms with Gasteiger partial charge in [-0.05, 0) is 65.5 Å². The molecule has 1 aromatic heterocycles. The molecule has 294 valence electrons. The molecule has 5 aromatic rings. The molecule has 0 amide bonds. The second-order valence-corrected chi connectivity index (χ2v) is 18.1. The SMILES string of the molecule is Nc1c(S(=O)(=O)O)cc2cc(S(=O)(=O)O)cc(O)c2c1NNc1ccc(Nc2nc(Cl)nc(Nc3ccc(S(=O)(=O)O)cc3S(=O)(=O)O)n2)cc1S(=O)(=O)O. The molecular formula is C25H21ClN8O16S5. The van der Waals surface area contributed by atoms with E-state index >= 15 is 0 Å². The van der Waals surface area contributed by atoms with E-state index in [1.54, 1.807) is 0 Å². The third-order valence-corrected chi connectivity index (χ3v) is 11.5. The molecule has 0 aliphatic heterocycles. The number of nitrogen functional groups attached to an aromatic ring is 1. The van der Waals surface area contributed by atoms with Gasteiger partial charge in [0.25, 0.3) is 50.6 Å². The van der Waals surface area contributed by atoms with Crippen LogP contribution < -0.4 is 27.2 Å². The fourth-order valence-electron chi connectivity index (χ4n) is 4.72. The van der Waals surface area contributed by atoms with Crippen LogP contribution in [-0.2, 0) is 50.6 Å². The third-order valence-electron chi connectivity index (χ3n) is 6.99. The van der Waals surface area contributed by atoms with Gasteiger partial charge < -0.3 is 21.5 Å². The number of halogens is 1. The summed E-state index contributed by atoms with van der Waals surface area (Å²) in [4.78, 5) is 6.76. The van der Waals surface area contributed by atoms with Gasteiger partial charge in [-0.1, -0.05) is 0 Å². The van der Waals surface area contributed by atoms with Crippen molar-refractivity contribution in [3.8, 4) is 5.75 Å². The average molecular weight is 885 g/mol. The van der Waals surface area contributed by atoms with Crippen molar-refractivity contribution >= 4 is 113 Å². The van der Waals surface area contributed by atoms with Gasteiger partial charge in [-0.3, -0.25) is 33.6 Å². The molecule has 0 bridgehead atoms. The standard InChI is InChI=1S/C25H21ClN8O16S5/c26-23-30-24(32-25(31-23)29-14-4-2-12(51(36,37)38)9-18(14)54(45,46)47)28-11-1-3-15(17(7-11)53(42,43)44)33-34-22-20-10(6-19(21(22)27)55(48,49)50)5-13(8-16(20)35)52(39,40)41/h1-9,33-35H,27H2,(H,36,37,38)(H,39,40,41)(H,42,43,44)(H,45,46,47)(H,48,49,50)(H2,28,29,30,31,32). The van der Waals surface area contributed by atoms with E-state index in [2.05, 4.69) is 36.4 Å². The molecule has 0 saturated heterocycles. The van der Waals surface area contributed by atoms with E-state index in [0.717, 1.165) is 36.4 Å². The Balaban J connectivity index is 1.51. The van der Waals surface area contributed by atoms with Gasteiger partial charge in [0.1, 0.15) is 20.4 Å². The summed E-state index contributed by atoms with van der Waals surface area (Å²) in [5.41, 5.74) is 8.15. The van der Waals surface area contributed by atoms with Gasteiger partial charge in [-0.2, -0.15) is 57.0 Å². The zero-order chi connectivity index (χ0) is 41.1. The highest BCUT2D eigenvalue weighted by Gasteiger charge is 2.26. The van der Waals surface area contributed by atoms with Gasteiger partial charge in [0.15, 0.2) is 0 Å². The van der Waals surface area contributed by atoms with Gasteiger partial charge in [0.05, 0.1) is 37.9 Å². The highest BCUT2D eigenvalue weighted by atomic mass is 35.5. The molecule has 4 aromatic carbocycles. The van der Waals surface area contributed by atoms with Crippen LogP contribution in [0.15, 0.2) is 79.1 Å². The van der Waals surface area contributed by atoms with Crippen molar-refractivity contribution in [2.75, 3.05) is 27.2 Å². The molecule has 55 heavy (non-hydrogen) atoms. The van der Waals surface area contributed by atoms with Crippen molar-refractivity contribution in [1.29, 1.82) is 0 Å². The summed E-state index contributed by atoms with van der Waals surface area (Å²) < 4.78 is 167. The van der Waals surface area contributed by atoms with E-state index in [-0.39, 0.29) is 11.1 Å². The number of aromatic hydroxyl groups is 1. The zero-order valence-corrected chi connectivity index (χ0v) is 31.1. The minimum atomic E-state index is -5.14. The van der Waals surface area contributed by atoms with Crippen molar-refractivity contribution < 1.29 is 70.0 Å². The van der Waals surface area contributed by atoms with Crippen LogP contribution in [0.25, 0.3) is 10.8 Å². The average Bonchev–Trinajstić information content (AvgIpc) is 3.02. The van der Waals surface area contributed by atoms with Crippen molar-refractivity contribution in [2.45, 2.75) is 24.5 Å². The quantitative estimate of drug-likeness (QED) is 0.0485. The number of hydrazine groups is 1. The van der Waals surface area contributed by atoms with Gasteiger partial charge in [-0.15, -0.1) is 0 Å². The number of fused-ring (bicyclic) bond motifs is 1. The third kappa shape index (κ3) is 9.19. The van der Waals surface area contributed by atoms with Crippen molar-refractivity contribution in [2.24, 2.45) is 0 Å². The number of anilines is 7. The number of hydrogen-bond acceptors (Lipinski definition) is 19. The summed E-state index contributed by atoms with van der Waals surface area (Å²) in [7, 11) is -25.2. The molecule has 0 spiro atoms. The second kappa shape index (κ2) is 14.1. The van der Waals surface area contributed by atoms with Gasteiger partial charge in [0, 0.05) is 11.8 Å². The Morgan fingerprint density at radius 1 is 0.564 bits per heavy atom. The lowest BCUT2D eigenvalue weighted by Crippen LogP contribution is -2.16. The number of benzene rings is 4. The summed E-state index contributed by atoms with van der Waals surface area (Å²) in [6, 6.07) is 7.02. The molecule has 0 atom stereocenters. The first-order valence-electron chi connectivity index (χ1n) is 13.9. The monoisotopic (exact) mass is 884 g/mol. The van der Waals surface area contributed by atoms with Crippen molar-refractivity contribution in [3.05, 3.63) is 59.9 Å². The lowest BCUT2D eigenvalue weighted by Gasteiger charge is -2.19. The summed E-state index contributed by atoms with van der Waals surface area (Å²) in [6.07, 6.45) is 0. The highest BCUT2D eigenvalue weighted by Crippen LogP contribution is 2.42. The smallest absolute Gasteiger partial charge is 0.296 e. The predicted molar refractivity (Wildman–Crippen MR) is 191 cm³/mol. The van der Waals surface area contributed by atoms with E-state index < -0.39 is 126 Å². The second-order valence-electron chi connectivity index (χ2n) is 10.7. The van der Waals surface area contributed by atoms with E-state index in [1.165, 1.54) is 0 Å². The molecule has 5 rings (SSSR count). The van der Waals surface area contributed by atoms with E-state index in [9.17, 15) is 70.0 Å². The topological polar surface area (TPSA) is 405 Å². The fraction of sp³-hybridized carbons (Fsp3) is 0. The number of phenols is 1. The Hall–Kier alpha value is -5.21. The summed E-state index contributed by atoms with van der Waals surface area (Å²) in [5.74, 6) is -1.85.